The van der Waals surface area contributed by atoms with Gasteiger partial charge in [-0.3, -0.25) is 4.90 Å². The number of benzene rings is 1. The molecule has 0 bridgehead atoms. The van der Waals surface area contributed by atoms with Gasteiger partial charge in [0.2, 0.25) is 0 Å². The van der Waals surface area contributed by atoms with Crippen LogP contribution in [0.4, 0.5) is 0 Å². The third-order valence-electron chi connectivity index (χ3n) is 3.17. The van der Waals surface area contributed by atoms with E-state index in [1.807, 2.05) is 0 Å². The van der Waals surface area contributed by atoms with Crippen molar-refractivity contribution >= 4 is 0 Å². The van der Waals surface area contributed by atoms with Crippen LogP contribution >= 0.6 is 0 Å². The Hall–Kier alpha value is -0.860. The summed E-state index contributed by atoms with van der Waals surface area (Å²) in [5.74, 6) is 0.738. The average molecular weight is 234 g/mol. The van der Waals surface area contributed by atoms with Crippen LogP contribution in [0.25, 0.3) is 0 Å². The predicted molar refractivity (Wildman–Crippen MR) is 74.8 cm³/mol. The van der Waals surface area contributed by atoms with Gasteiger partial charge in [0.25, 0.3) is 0 Å². The molecular weight excluding hydrogens is 208 g/mol. The maximum atomic E-state index is 5.55. The monoisotopic (exact) mass is 234 g/mol. The second-order valence-corrected chi connectivity index (χ2v) is 4.85. The van der Waals surface area contributed by atoms with Gasteiger partial charge < -0.3 is 5.73 Å². The summed E-state index contributed by atoms with van der Waals surface area (Å²) in [5.41, 5.74) is 6.95. The molecular formula is C15H26N2. The van der Waals surface area contributed by atoms with Crippen LogP contribution in [0.3, 0.4) is 0 Å². The van der Waals surface area contributed by atoms with Crippen LogP contribution in [0.1, 0.15) is 32.3 Å². The molecule has 1 aromatic carbocycles. The van der Waals surface area contributed by atoms with Gasteiger partial charge in [-0.15, -0.1) is 0 Å². The highest BCUT2D eigenvalue weighted by atomic mass is 15.1. The van der Waals surface area contributed by atoms with Crippen LogP contribution in [0.5, 0.6) is 0 Å². The molecule has 0 radical (unpaired) electrons. The molecule has 0 aliphatic rings. The maximum absolute atomic E-state index is 5.55. The highest BCUT2D eigenvalue weighted by molar-refractivity contribution is 5.14. The molecule has 1 rings (SSSR count). The Labute approximate surface area is 106 Å². The summed E-state index contributed by atoms with van der Waals surface area (Å²) in [4.78, 5) is 2.51. The van der Waals surface area contributed by atoms with Gasteiger partial charge in [0.05, 0.1) is 0 Å². The van der Waals surface area contributed by atoms with Gasteiger partial charge in [0, 0.05) is 13.1 Å². The van der Waals surface area contributed by atoms with Gasteiger partial charge in [-0.25, -0.2) is 0 Å². The average Bonchev–Trinajstić information content (AvgIpc) is 2.36. The van der Waals surface area contributed by atoms with Crippen LogP contribution < -0.4 is 5.73 Å². The lowest BCUT2D eigenvalue weighted by Crippen LogP contribution is -2.28. The van der Waals surface area contributed by atoms with Crippen molar-refractivity contribution < 1.29 is 0 Å². The molecule has 0 amide bonds. The Morgan fingerprint density at radius 1 is 1.24 bits per heavy atom. The molecule has 0 heterocycles. The summed E-state index contributed by atoms with van der Waals surface area (Å²) in [5, 5.41) is 0. The van der Waals surface area contributed by atoms with Crippen molar-refractivity contribution in [3.05, 3.63) is 35.9 Å². The second-order valence-electron chi connectivity index (χ2n) is 4.85. The Kier molecular flexibility index (Phi) is 6.90. The number of hydrogen-bond acceptors (Lipinski definition) is 2. The quantitative estimate of drug-likeness (QED) is 0.749. The van der Waals surface area contributed by atoms with E-state index < -0.39 is 0 Å². The summed E-state index contributed by atoms with van der Waals surface area (Å²) in [6, 6.07) is 10.7. The van der Waals surface area contributed by atoms with Crippen LogP contribution in [-0.4, -0.2) is 24.5 Å². The summed E-state index contributed by atoms with van der Waals surface area (Å²) in [6.45, 7) is 8.72. The first-order chi connectivity index (χ1) is 8.26. The van der Waals surface area contributed by atoms with Crippen molar-refractivity contribution in [3.63, 3.8) is 0 Å². The molecule has 2 nitrogen and oxygen atoms in total. The Morgan fingerprint density at radius 3 is 2.53 bits per heavy atom. The summed E-state index contributed by atoms with van der Waals surface area (Å²) >= 11 is 0. The van der Waals surface area contributed by atoms with Gasteiger partial charge in [0.15, 0.2) is 0 Å². The van der Waals surface area contributed by atoms with Crippen molar-refractivity contribution in [3.8, 4) is 0 Å². The van der Waals surface area contributed by atoms with E-state index in [4.69, 9.17) is 5.73 Å². The third-order valence-corrected chi connectivity index (χ3v) is 3.17. The van der Waals surface area contributed by atoms with Crippen LogP contribution in [0.2, 0.25) is 0 Å². The van der Waals surface area contributed by atoms with E-state index >= 15 is 0 Å². The molecule has 1 aromatic rings. The van der Waals surface area contributed by atoms with Crippen molar-refractivity contribution in [2.24, 2.45) is 11.7 Å². The largest absolute Gasteiger partial charge is 0.330 e. The van der Waals surface area contributed by atoms with E-state index in [-0.39, 0.29) is 0 Å². The number of nitrogens with zero attached hydrogens (tertiary/aromatic N) is 1. The minimum atomic E-state index is 0.738. The topological polar surface area (TPSA) is 29.3 Å². The molecule has 0 aliphatic carbocycles. The molecule has 0 saturated carbocycles. The zero-order valence-electron chi connectivity index (χ0n) is 11.2. The van der Waals surface area contributed by atoms with Crippen molar-refractivity contribution in [2.45, 2.75) is 33.2 Å². The lowest BCUT2D eigenvalue weighted by Gasteiger charge is -2.24. The number of hydrogen-bond donors (Lipinski definition) is 1. The maximum Gasteiger partial charge on any atom is 0.0233 e. The predicted octanol–water partition coefficient (Wildman–Crippen LogP) is 2.88. The molecule has 1 unspecified atom stereocenters. The number of rotatable bonds is 8. The van der Waals surface area contributed by atoms with Gasteiger partial charge >= 0.3 is 0 Å². The molecule has 2 N–H and O–H groups in total. The minimum absolute atomic E-state index is 0.738. The first-order valence-corrected chi connectivity index (χ1v) is 6.72. The molecule has 2 heteroatoms. The highest BCUT2D eigenvalue weighted by Crippen LogP contribution is 2.10. The van der Waals surface area contributed by atoms with Gasteiger partial charge in [-0.2, -0.15) is 0 Å². The van der Waals surface area contributed by atoms with E-state index in [2.05, 4.69) is 49.1 Å². The summed E-state index contributed by atoms with van der Waals surface area (Å²) < 4.78 is 0. The van der Waals surface area contributed by atoms with Gasteiger partial charge in [-0.05, 0) is 37.4 Å². The Balaban J connectivity index is 2.38. The molecule has 0 aliphatic heterocycles. The normalized spacial score (nSPS) is 12.9. The van der Waals surface area contributed by atoms with Crippen LogP contribution in [0.15, 0.2) is 30.3 Å². The van der Waals surface area contributed by atoms with E-state index in [0.717, 1.165) is 32.0 Å². The first-order valence-electron chi connectivity index (χ1n) is 6.72. The zero-order chi connectivity index (χ0) is 12.5. The lowest BCUT2D eigenvalue weighted by atomic mass is 10.0. The molecule has 0 fully saturated rings. The summed E-state index contributed by atoms with van der Waals surface area (Å²) in [7, 11) is 0. The smallest absolute Gasteiger partial charge is 0.0233 e. The second kappa shape index (κ2) is 8.26. The minimum Gasteiger partial charge on any atom is -0.330 e. The zero-order valence-corrected chi connectivity index (χ0v) is 11.2. The SMILES string of the molecule is CCN(Cc1ccccc1)CC(C)CCCN. The number of nitrogens with two attached hydrogens (primary N) is 1. The molecule has 0 aromatic heterocycles. The fraction of sp³-hybridized carbons (Fsp3) is 0.600. The molecule has 96 valence electrons. The standard InChI is InChI=1S/C15H26N2/c1-3-17(12-14(2)8-7-11-16)13-15-9-5-4-6-10-15/h4-6,9-10,14H,3,7-8,11-13,16H2,1-2H3. The highest BCUT2D eigenvalue weighted by Gasteiger charge is 2.08. The van der Waals surface area contributed by atoms with E-state index in [1.54, 1.807) is 0 Å². The van der Waals surface area contributed by atoms with Gasteiger partial charge in [-0.1, -0.05) is 44.2 Å². The van der Waals surface area contributed by atoms with Crippen molar-refractivity contribution in [1.29, 1.82) is 0 Å². The van der Waals surface area contributed by atoms with Crippen molar-refractivity contribution in [1.82, 2.24) is 4.90 Å². The Bertz CT molecular complexity index is 284. The van der Waals surface area contributed by atoms with Crippen LogP contribution in [0, 0.1) is 5.92 Å². The van der Waals surface area contributed by atoms with Crippen LogP contribution in [-0.2, 0) is 6.54 Å². The molecule has 0 spiro atoms. The Morgan fingerprint density at radius 2 is 1.94 bits per heavy atom. The van der Waals surface area contributed by atoms with E-state index in [1.165, 1.54) is 18.5 Å². The third kappa shape index (κ3) is 5.85. The lowest BCUT2D eigenvalue weighted by molar-refractivity contribution is 0.234. The molecule has 17 heavy (non-hydrogen) atoms. The molecule has 1 atom stereocenters. The first kappa shape index (κ1) is 14.2. The van der Waals surface area contributed by atoms with E-state index in [9.17, 15) is 0 Å². The fourth-order valence-corrected chi connectivity index (χ4v) is 2.15. The van der Waals surface area contributed by atoms with Crippen molar-refractivity contribution in [2.75, 3.05) is 19.6 Å². The molecule has 0 saturated heterocycles. The van der Waals surface area contributed by atoms with E-state index in [0.29, 0.717) is 0 Å². The fourth-order valence-electron chi connectivity index (χ4n) is 2.15. The summed E-state index contributed by atoms with van der Waals surface area (Å²) in [6.07, 6.45) is 2.38. The van der Waals surface area contributed by atoms with Gasteiger partial charge in [0.1, 0.15) is 0 Å².